The standard InChI is InChI=1S/C20H21N3O3/c24-18-9-4-3-7-14(18)15-13-16(22-21-15)20(25)23-11-5-1-2-8-17(23)19-10-6-12-26-19/h3-4,6-7,9-10,12-13,17,24H,1-2,5,8,11H2,(H,21,22)/t17-/m0/s1. The van der Waals surface area contributed by atoms with Crippen LogP contribution >= 0.6 is 0 Å². The van der Waals surface area contributed by atoms with Crippen molar-refractivity contribution in [1.82, 2.24) is 15.1 Å². The number of rotatable bonds is 3. The van der Waals surface area contributed by atoms with Crippen molar-refractivity contribution in [3.63, 3.8) is 0 Å². The van der Waals surface area contributed by atoms with Gasteiger partial charge in [0.25, 0.3) is 5.91 Å². The van der Waals surface area contributed by atoms with Gasteiger partial charge in [0.15, 0.2) is 0 Å². The molecule has 1 amide bonds. The average molecular weight is 351 g/mol. The van der Waals surface area contributed by atoms with Crippen LogP contribution in [0.15, 0.2) is 53.1 Å². The number of phenols is 1. The quantitative estimate of drug-likeness (QED) is 0.743. The summed E-state index contributed by atoms with van der Waals surface area (Å²) in [7, 11) is 0. The number of likely N-dealkylation sites (tertiary alicyclic amines) is 1. The van der Waals surface area contributed by atoms with Crippen LogP contribution in [0.4, 0.5) is 0 Å². The summed E-state index contributed by atoms with van der Waals surface area (Å²) < 4.78 is 5.58. The number of aromatic amines is 1. The van der Waals surface area contributed by atoms with Crippen LogP contribution in [-0.2, 0) is 0 Å². The lowest BCUT2D eigenvalue weighted by molar-refractivity contribution is 0.0652. The van der Waals surface area contributed by atoms with E-state index in [1.54, 1.807) is 30.5 Å². The van der Waals surface area contributed by atoms with Crippen LogP contribution in [0.2, 0.25) is 0 Å². The number of carbonyl (C=O) groups is 1. The number of hydrogen-bond donors (Lipinski definition) is 2. The molecule has 1 aliphatic rings. The van der Waals surface area contributed by atoms with Crippen molar-refractivity contribution in [2.75, 3.05) is 6.54 Å². The Morgan fingerprint density at radius 1 is 1.19 bits per heavy atom. The molecule has 6 nitrogen and oxygen atoms in total. The number of hydrogen-bond acceptors (Lipinski definition) is 4. The smallest absolute Gasteiger partial charge is 0.272 e. The van der Waals surface area contributed by atoms with E-state index in [9.17, 15) is 9.90 Å². The second-order valence-electron chi connectivity index (χ2n) is 6.56. The third kappa shape index (κ3) is 3.10. The van der Waals surface area contributed by atoms with Gasteiger partial charge in [-0.2, -0.15) is 5.10 Å². The van der Waals surface area contributed by atoms with Gasteiger partial charge in [-0.1, -0.05) is 25.0 Å². The van der Waals surface area contributed by atoms with Gasteiger partial charge in [0, 0.05) is 12.1 Å². The summed E-state index contributed by atoms with van der Waals surface area (Å²) in [5, 5.41) is 17.1. The first kappa shape index (κ1) is 16.4. The van der Waals surface area contributed by atoms with Gasteiger partial charge in [-0.05, 0) is 43.2 Å². The second-order valence-corrected chi connectivity index (χ2v) is 6.56. The summed E-state index contributed by atoms with van der Waals surface area (Å²) in [4.78, 5) is 15.0. The minimum atomic E-state index is -0.0949. The van der Waals surface area contributed by atoms with Crippen molar-refractivity contribution in [1.29, 1.82) is 0 Å². The molecule has 2 N–H and O–H groups in total. The fourth-order valence-electron chi connectivity index (χ4n) is 3.54. The van der Waals surface area contributed by atoms with E-state index in [-0.39, 0.29) is 17.7 Å². The summed E-state index contributed by atoms with van der Waals surface area (Å²) in [6.45, 7) is 0.690. The number of phenolic OH excluding ortho intramolecular Hbond substituents is 1. The van der Waals surface area contributed by atoms with Gasteiger partial charge >= 0.3 is 0 Å². The maximum Gasteiger partial charge on any atom is 0.272 e. The predicted octanol–water partition coefficient (Wildman–Crippen LogP) is 4.13. The number of para-hydroxylation sites is 1. The number of carbonyl (C=O) groups excluding carboxylic acids is 1. The van der Waals surface area contributed by atoms with Crippen LogP contribution in [0.25, 0.3) is 11.3 Å². The molecule has 1 aromatic carbocycles. The molecule has 1 fully saturated rings. The lowest BCUT2D eigenvalue weighted by Gasteiger charge is -2.28. The highest BCUT2D eigenvalue weighted by molar-refractivity contribution is 5.93. The maximum atomic E-state index is 13.1. The van der Waals surface area contributed by atoms with Gasteiger partial charge in [0.2, 0.25) is 0 Å². The van der Waals surface area contributed by atoms with Crippen molar-refractivity contribution < 1.29 is 14.3 Å². The number of benzene rings is 1. The predicted molar refractivity (Wildman–Crippen MR) is 96.6 cm³/mol. The Morgan fingerprint density at radius 2 is 2.08 bits per heavy atom. The fraction of sp³-hybridized carbons (Fsp3) is 0.300. The molecule has 26 heavy (non-hydrogen) atoms. The zero-order chi connectivity index (χ0) is 17.9. The highest BCUT2D eigenvalue weighted by atomic mass is 16.3. The summed E-state index contributed by atoms with van der Waals surface area (Å²) in [5.74, 6) is 0.865. The van der Waals surface area contributed by atoms with E-state index in [2.05, 4.69) is 10.2 Å². The minimum absolute atomic E-state index is 0.0584. The lowest BCUT2D eigenvalue weighted by Crippen LogP contribution is -2.34. The highest BCUT2D eigenvalue weighted by Gasteiger charge is 2.30. The Hall–Kier alpha value is -3.02. The topological polar surface area (TPSA) is 82.4 Å². The zero-order valence-corrected chi connectivity index (χ0v) is 14.4. The summed E-state index contributed by atoms with van der Waals surface area (Å²) in [5.41, 5.74) is 1.57. The SMILES string of the molecule is O=C(c1cc(-c2ccccc2O)n[nH]1)N1CCCCC[C@H]1c1ccco1. The largest absolute Gasteiger partial charge is 0.507 e. The van der Waals surface area contributed by atoms with Crippen molar-refractivity contribution in [3.05, 3.63) is 60.2 Å². The molecule has 1 aliphatic heterocycles. The van der Waals surface area contributed by atoms with E-state index >= 15 is 0 Å². The molecule has 4 rings (SSSR count). The summed E-state index contributed by atoms with van der Waals surface area (Å²) in [6, 6.07) is 12.4. The number of aromatic nitrogens is 2. The van der Waals surface area contributed by atoms with Crippen molar-refractivity contribution in [2.24, 2.45) is 0 Å². The fourth-order valence-corrected chi connectivity index (χ4v) is 3.54. The molecule has 0 spiro atoms. The van der Waals surface area contributed by atoms with Gasteiger partial charge in [0.05, 0.1) is 18.0 Å². The van der Waals surface area contributed by atoms with Gasteiger partial charge in [-0.25, -0.2) is 0 Å². The monoisotopic (exact) mass is 351 g/mol. The Bertz CT molecular complexity index is 885. The molecule has 3 aromatic rings. The van der Waals surface area contributed by atoms with Crippen LogP contribution in [0.1, 0.15) is 48.0 Å². The van der Waals surface area contributed by atoms with Crippen LogP contribution < -0.4 is 0 Å². The molecule has 0 unspecified atom stereocenters. The molecular formula is C20H21N3O3. The van der Waals surface area contributed by atoms with E-state index in [0.29, 0.717) is 23.5 Å². The maximum absolute atomic E-state index is 13.1. The Labute approximate surface area is 151 Å². The first-order chi connectivity index (χ1) is 12.7. The minimum Gasteiger partial charge on any atom is -0.507 e. The first-order valence-electron chi connectivity index (χ1n) is 8.92. The van der Waals surface area contributed by atoms with Gasteiger partial charge < -0.3 is 14.4 Å². The molecule has 2 aromatic heterocycles. The number of aromatic hydroxyl groups is 1. The Balaban J connectivity index is 1.63. The third-order valence-corrected chi connectivity index (χ3v) is 4.87. The van der Waals surface area contributed by atoms with Gasteiger partial charge in [-0.15, -0.1) is 0 Å². The summed E-state index contributed by atoms with van der Waals surface area (Å²) >= 11 is 0. The molecular weight excluding hydrogens is 330 g/mol. The van der Waals surface area contributed by atoms with Crippen LogP contribution in [0.5, 0.6) is 5.75 Å². The van der Waals surface area contributed by atoms with Crippen LogP contribution in [-0.4, -0.2) is 32.7 Å². The number of amides is 1. The van der Waals surface area contributed by atoms with E-state index in [0.717, 1.165) is 31.4 Å². The van der Waals surface area contributed by atoms with Gasteiger partial charge in [0.1, 0.15) is 17.2 Å². The summed E-state index contributed by atoms with van der Waals surface area (Å²) in [6.07, 6.45) is 5.69. The molecule has 1 atom stereocenters. The second kappa shape index (κ2) is 7.07. The van der Waals surface area contributed by atoms with Crippen LogP contribution in [0, 0.1) is 0 Å². The van der Waals surface area contributed by atoms with Crippen molar-refractivity contribution in [2.45, 2.75) is 31.7 Å². The first-order valence-corrected chi connectivity index (χ1v) is 8.92. The third-order valence-electron chi connectivity index (χ3n) is 4.87. The van der Waals surface area contributed by atoms with Crippen LogP contribution in [0.3, 0.4) is 0 Å². The number of furan rings is 1. The molecule has 0 saturated carbocycles. The van der Waals surface area contributed by atoms with E-state index < -0.39 is 0 Å². The van der Waals surface area contributed by atoms with E-state index in [4.69, 9.17) is 4.42 Å². The molecule has 1 saturated heterocycles. The molecule has 3 heterocycles. The zero-order valence-electron chi connectivity index (χ0n) is 14.4. The Morgan fingerprint density at radius 3 is 2.88 bits per heavy atom. The molecule has 0 radical (unpaired) electrons. The normalized spacial score (nSPS) is 17.8. The number of nitrogens with one attached hydrogen (secondary N) is 1. The number of nitrogens with zero attached hydrogens (tertiary/aromatic N) is 2. The van der Waals surface area contributed by atoms with Crippen molar-refractivity contribution in [3.8, 4) is 17.0 Å². The molecule has 0 bridgehead atoms. The Kier molecular flexibility index (Phi) is 4.48. The van der Waals surface area contributed by atoms with Crippen molar-refractivity contribution >= 4 is 5.91 Å². The molecule has 6 heteroatoms. The van der Waals surface area contributed by atoms with E-state index in [1.807, 2.05) is 23.1 Å². The van der Waals surface area contributed by atoms with Gasteiger partial charge in [-0.3, -0.25) is 9.89 Å². The average Bonchev–Trinajstić information content (AvgIpc) is 3.30. The van der Waals surface area contributed by atoms with E-state index in [1.165, 1.54) is 0 Å². The molecule has 134 valence electrons. The molecule has 0 aliphatic carbocycles. The lowest BCUT2D eigenvalue weighted by atomic mass is 10.1. The highest BCUT2D eigenvalue weighted by Crippen LogP contribution is 2.32. The number of H-pyrrole nitrogens is 1.